The van der Waals surface area contributed by atoms with Gasteiger partial charge in [0.25, 0.3) is 0 Å². The summed E-state index contributed by atoms with van der Waals surface area (Å²) in [7, 11) is 0. The first kappa shape index (κ1) is 15.2. The van der Waals surface area contributed by atoms with Crippen LogP contribution in [0.3, 0.4) is 0 Å². The fourth-order valence-electron chi connectivity index (χ4n) is 2.20. The number of halogens is 1. The largest absolute Gasteiger partial charge is 0.485 e. The molecule has 3 aromatic rings. The molecule has 2 aromatic heterocycles. The molecule has 3 rings (SSSR count). The normalized spacial score (nSPS) is 12.3. The molecule has 1 atom stereocenters. The third-order valence-electron chi connectivity index (χ3n) is 3.42. The van der Waals surface area contributed by atoms with Crippen molar-refractivity contribution >= 4 is 16.7 Å². The van der Waals surface area contributed by atoms with Gasteiger partial charge < -0.3 is 15.6 Å². The van der Waals surface area contributed by atoms with E-state index in [0.29, 0.717) is 17.1 Å². The topological polar surface area (TPSA) is 81.3 Å². The van der Waals surface area contributed by atoms with Gasteiger partial charge in [-0.3, -0.25) is 0 Å². The second-order valence-corrected chi connectivity index (χ2v) is 5.10. The van der Waals surface area contributed by atoms with Crippen LogP contribution in [0.15, 0.2) is 48.7 Å². The van der Waals surface area contributed by atoms with E-state index >= 15 is 0 Å². The van der Waals surface area contributed by atoms with Gasteiger partial charge in [-0.1, -0.05) is 6.07 Å². The van der Waals surface area contributed by atoms with Gasteiger partial charge in [0.2, 0.25) is 0 Å². The number of fused-ring (bicyclic) bond motifs is 1. The van der Waals surface area contributed by atoms with Crippen LogP contribution in [0.5, 0.6) is 5.75 Å². The van der Waals surface area contributed by atoms with Crippen LogP contribution in [-0.2, 0) is 0 Å². The van der Waals surface area contributed by atoms with E-state index in [0.717, 1.165) is 16.6 Å². The average Bonchev–Trinajstić information content (AvgIpc) is 2.59. The van der Waals surface area contributed by atoms with Gasteiger partial charge in [0.15, 0.2) is 0 Å². The zero-order chi connectivity index (χ0) is 16.2. The van der Waals surface area contributed by atoms with E-state index in [1.807, 2.05) is 24.3 Å². The zero-order valence-corrected chi connectivity index (χ0v) is 12.3. The lowest BCUT2D eigenvalue weighted by molar-refractivity contribution is 0.0933. The van der Waals surface area contributed by atoms with Crippen molar-refractivity contribution in [3.63, 3.8) is 0 Å². The van der Waals surface area contributed by atoms with Crippen LogP contribution in [0, 0.1) is 0 Å². The molecule has 0 radical (unpaired) electrons. The number of nitrogens with zero attached hydrogens (tertiary/aromatic N) is 2. The number of nitrogen functional groups attached to an aromatic ring is 1. The Labute approximate surface area is 132 Å². The standard InChI is InChI=1S/C17H16FN3O2/c18-8-14(10-22)23-13-4-1-11-2-5-15(21-16(11)7-13)12-3-6-17(19)20-9-12/h1-7,9,14,22H,8,10H2,(H2,19,20). The number of nitrogens with two attached hydrogens (primary N) is 1. The Balaban J connectivity index is 1.95. The molecule has 1 aromatic carbocycles. The molecule has 5 nitrogen and oxygen atoms in total. The Morgan fingerprint density at radius 2 is 2.00 bits per heavy atom. The van der Waals surface area contributed by atoms with Crippen LogP contribution in [0.1, 0.15) is 0 Å². The van der Waals surface area contributed by atoms with E-state index < -0.39 is 12.8 Å². The number of anilines is 1. The van der Waals surface area contributed by atoms with E-state index in [1.54, 1.807) is 24.4 Å². The van der Waals surface area contributed by atoms with Crippen molar-refractivity contribution in [3.8, 4) is 17.0 Å². The summed E-state index contributed by atoms with van der Waals surface area (Å²) >= 11 is 0. The van der Waals surface area contributed by atoms with E-state index in [4.69, 9.17) is 15.6 Å². The van der Waals surface area contributed by atoms with Gasteiger partial charge in [-0.05, 0) is 30.3 Å². The summed E-state index contributed by atoms with van der Waals surface area (Å²) in [6.07, 6.45) is 0.797. The highest BCUT2D eigenvalue weighted by atomic mass is 19.1. The van der Waals surface area contributed by atoms with Crippen LogP contribution in [0.2, 0.25) is 0 Å². The maximum atomic E-state index is 12.7. The lowest BCUT2D eigenvalue weighted by Gasteiger charge is -2.13. The first-order valence-corrected chi connectivity index (χ1v) is 7.16. The Hall–Kier alpha value is -2.73. The fourth-order valence-corrected chi connectivity index (χ4v) is 2.20. The second-order valence-electron chi connectivity index (χ2n) is 5.10. The molecule has 0 amide bonds. The molecule has 0 saturated carbocycles. The first-order chi connectivity index (χ1) is 11.2. The van der Waals surface area contributed by atoms with E-state index in [-0.39, 0.29) is 6.61 Å². The molecule has 0 aliphatic heterocycles. The monoisotopic (exact) mass is 313 g/mol. The highest BCUT2D eigenvalue weighted by Gasteiger charge is 2.09. The number of aliphatic hydroxyl groups is 1. The molecule has 0 fully saturated rings. The molecule has 2 heterocycles. The predicted octanol–water partition coefficient (Wildman–Crippen LogP) is 2.59. The Kier molecular flexibility index (Phi) is 4.34. The van der Waals surface area contributed by atoms with Crippen molar-refractivity contribution in [3.05, 3.63) is 48.7 Å². The van der Waals surface area contributed by atoms with Gasteiger partial charge in [-0.2, -0.15) is 0 Å². The van der Waals surface area contributed by atoms with Gasteiger partial charge in [-0.25, -0.2) is 14.4 Å². The second kappa shape index (κ2) is 6.58. The van der Waals surface area contributed by atoms with Crippen LogP contribution in [0.25, 0.3) is 22.2 Å². The summed E-state index contributed by atoms with van der Waals surface area (Å²) in [5, 5.41) is 9.95. The number of aliphatic hydroxyl groups excluding tert-OH is 1. The van der Waals surface area contributed by atoms with Crippen LogP contribution >= 0.6 is 0 Å². The summed E-state index contributed by atoms with van der Waals surface area (Å²) in [5.74, 6) is 0.917. The van der Waals surface area contributed by atoms with Crippen molar-refractivity contribution in [2.45, 2.75) is 6.10 Å². The quantitative estimate of drug-likeness (QED) is 0.756. The van der Waals surface area contributed by atoms with Crippen molar-refractivity contribution in [1.29, 1.82) is 0 Å². The number of rotatable bonds is 5. The third-order valence-corrected chi connectivity index (χ3v) is 3.42. The maximum Gasteiger partial charge on any atom is 0.150 e. The van der Waals surface area contributed by atoms with Gasteiger partial charge >= 0.3 is 0 Å². The zero-order valence-electron chi connectivity index (χ0n) is 12.3. The molecule has 0 bridgehead atoms. The molecular formula is C17H16FN3O2. The Morgan fingerprint density at radius 3 is 2.70 bits per heavy atom. The summed E-state index contributed by atoms with van der Waals surface area (Å²) in [4.78, 5) is 8.64. The van der Waals surface area contributed by atoms with Crippen LogP contribution in [0.4, 0.5) is 10.2 Å². The van der Waals surface area contributed by atoms with Gasteiger partial charge in [0.05, 0.1) is 17.8 Å². The molecule has 0 saturated heterocycles. The molecule has 0 spiro atoms. The number of pyridine rings is 2. The molecule has 0 aliphatic rings. The van der Waals surface area contributed by atoms with Crippen LogP contribution < -0.4 is 10.5 Å². The molecule has 6 heteroatoms. The van der Waals surface area contributed by atoms with Crippen molar-refractivity contribution < 1.29 is 14.2 Å². The minimum atomic E-state index is -0.864. The summed E-state index contributed by atoms with van der Waals surface area (Å²) in [6.45, 7) is -1.13. The van der Waals surface area contributed by atoms with E-state index in [1.165, 1.54) is 0 Å². The molecule has 0 aliphatic carbocycles. The number of hydrogen-bond donors (Lipinski definition) is 2. The first-order valence-electron chi connectivity index (χ1n) is 7.16. The number of benzene rings is 1. The van der Waals surface area contributed by atoms with Crippen molar-refractivity contribution in [2.75, 3.05) is 19.0 Å². The smallest absolute Gasteiger partial charge is 0.150 e. The van der Waals surface area contributed by atoms with E-state index in [2.05, 4.69) is 9.97 Å². The highest BCUT2D eigenvalue weighted by molar-refractivity contribution is 5.82. The Bertz CT molecular complexity index is 805. The number of aromatic nitrogens is 2. The number of ether oxygens (including phenoxy) is 1. The lowest BCUT2D eigenvalue weighted by atomic mass is 10.1. The van der Waals surface area contributed by atoms with E-state index in [9.17, 15) is 4.39 Å². The lowest BCUT2D eigenvalue weighted by Crippen LogP contribution is -2.23. The molecular weight excluding hydrogens is 297 g/mol. The fraction of sp³-hybridized carbons (Fsp3) is 0.176. The van der Waals surface area contributed by atoms with Gasteiger partial charge in [-0.15, -0.1) is 0 Å². The molecule has 118 valence electrons. The van der Waals surface area contributed by atoms with Gasteiger partial charge in [0.1, 0.15) is 24.3 Å². The SMILES string of the molecule is Nc1ccc(-c2ccc3ccc(OC(CO)CF)cc3n2)cn1. The van der Waals surface area contributed by atoms with Gasteiger partial charge in [0, 0.05) is 23.2 Å². The molecule has 3 N–H and O–H groups in total. The minimum Gasteiger partial charge on any atom is -0.485 e. The predicted molar refractivity (Wildman–Crippen MR) is 86.9 cm³/mol. The maximum absolute atomic E-state index is 12.7. The molecule has 1 unspecified atom stereocenters. The summed E-state index contributed by atoms with van der Waals surface area (Å²) < 4.78 is 18.0. The minimum absolute atomic E-state index is 0.376. The third kappa shape index (κ3) is 3.37. The van der Waals surface area contributed by atoms with Crippen molar-refractivity contribution in [2.24, 2.45) is 0 Å². The van der Waals surface area contributed by atoms with Crippen LogP contribution in [-0.4, -0.2) is 34.5 Å². The molecule has 23 heavy (non-hydrogen) atoms. The highest BCUT2D eigenvalue weighted by Crippen LogP contribution is 2.24. The van der Waals surface area contributed by atoms with Crippen molar-refractivity contribution in [1.82, 2.24) is 9.97 Å². The summed E-state index contributed by atoms with van der Waals surface area (Å²) in [5.41, 5.74) is 7.91. The Morgan fingerprint density at radius 1 is 1.17 bits per heavy atom. The number of alkyl halides is 1. The number of hydrogen-bond acceptors (Lipinski definition) is 5. The average molecular weight is 313 g/mol. The summed E-state index contributed by atoms with van der Waals surface area (Å²) in [6, 6.07) is 12.7.